The zero-order valence-electron chi connectivity index (χ0n) is 15.6. The van der Waals surface area contributed by atoms with Crippen LogP contribution >= 0.6 is 0 Å². The summed E-state index contributed by atoms with van der Waals surface area (Å²) in [6.07, 6.45) is 5.63. The van der Waals surface area contributed by atoms with Gasteiger partial charge >= 0.3 is 0 Å². The highest BCUT2D eigenvalue weighted by Gasteiger charge is 2.35. The third kappa shape index (κ3) is 2.93. The fourth-order valence-corrected chi connectivity index (χ4v) is 3.85. The van der Waals surface area contributed by atoms with Gasteiger partial charge in [-0.25, -0.2) is 0 Å². The molecule has 0 radical (unpaired) electrons. The first-order chi connectivity index (χ1) is 11.4. The summed E-state index contributed by atoms with van der Waals surface area (Å²) in [5.41, 5.74) is 8.68. The molecule has 1 aliphatic rings. The van der Waals surface area contributed by atoms with Crippen LogP contribution in [-0.4, -0.2) is 7.05 Å². The first-order valence-corrected chi connectivity index (χ1v) is 9.02. The van der Waals surface area contributed by atoms with Crippen LogP contribution in [-0.2, 0) is 18.4 Å². The third-order valence-corrected chi connectivity index (χ3v) is 5.13. The van der Waals surface area contributed by atoms with E-state index < -0.39 is 0 Å². The first-order valence-electron chi connectivity index (χ1n) is 9.02. The molecule has 0 fully saturated rings. The van der Waals surface area contributed by atoms with Crippen molar-refractivity contribution in [1.29, 1.82) is 0 Å². The van der Waals surface area contributed by atoms with Crippen molar-refractivity contribution in [2.24, 2.45) is 5.92 Å². The van der Waals surface area contributed by atoms with Gasteiger partial charge in [0.1, 0.15) is 0 Å². The Morgan fingerprint density at radius 1 is 1.00 bits per heavy atom. The van der Waals surface area contributed by atoms with Crippen molar-refractivity contribution in [1.82, 2.24) is 5.32 Å². The van der Waals surface area contributed by atoms with E-state index in [4.69, 9.17) is 0 Å². The molecule has 0 bridgehead atoms. The molecule has 0 heterocycles. The van der Waals surface area contributed by atoms with Crippen molar-refractivity contribution in [3.05, 3.63) is 70.8 Å². The topological polar surface area (TPSA) is 12.0 Å². The third-order valence-electron chi connectivity index (χ3n) is 5.13. The Hall–Kier alpha value is -1.86. The van der Waals surface area contributed by atoms with Crippen molar-refractivity contribution in [2.45, 2.75) is 46.1 Å². The number of nitrogens with one attached hydrogen (secondary N) is 1. The molecule has 3 rings (SSSR count). The predicted octanol–water partition coefficient (Wildman–Crippen LogP) is 5.47. The lowest BCUT2D eigenvalue weighted by Gasteiger charge is -2.22. The molecule has 126 valence electrons. The van der Waals surface area contributed by atoms with Crippen LogP contribution < -0.4 is 5.32 Å². The molecule has 1 aliphatic carbocycles. The SMILES string of the molecule is CNCc1cc2c(cc1C/C=C\C(C)C)C(C)(C)c1ccccc1-2. The van der Waals surface area contributed by atoms with E-state index in [1.54, 1.807) is 0 Å². The highest BCUT2D eigenvalue weighted by molar-refractivity contribution is 5.81. The molecule has 0 aromatic heterocycles. The van der Waals surface area contributed by atoms with Gasteiger partial charge in [0.15, 0.2) is 0 Å². The summed E-state index contributed by atoms with van der Waals surface area (Å²) in [5, 5.41) is 3.34. The molecule has 0 atom stereocenters. The molecule has 1 heteroatoms. The second-order valence-electron chi connectivity index (χ2n) is 7.74. The van der Waals surface area contributed by atoms with Crippen LogP contribution in [0.15, 0.2) is 48.6 Å². The normalized spacial score (nSPS) is 15.1. The summed E-state index contributed by atoms with van der Waals surface area (Å²) in [7, 11) is 2.03. The van der Waals surface area contributed by atoms with Gasteiger partial charge < -0.3 is 5.32 Å². The summed E-state index contributed by atoms with van der Waals surface area (Å²) in [6, 6.07) is 13.7. The highest BCUT2D eigenvalue weighted by Crippen LogP contribution is 2.49. The van der Waals surface area contributed by atoms with Gasteiger partial charge in [-0.1, -0.05) is 70.2 Å². The average Bonchev–Trinajstić information content (AvgIpc) is 2.76. The van der Waals surface area contributed by atoms with E-state index in [2.05, 4.69) is 81.6 Å². The fourth-order valence-electron chi connectivity index (χ4n) is 3.85. The van der Waals surface area contributed by atoms with Crippen LogP contribution in [0.4, 0.5) is 0 Å². The van der Waals surface area contributed by atoms with Crippen molar-refractivity contribution in [2.75, 3.05) is 7.05 Å². The lowest BCUT2D eigenvalue weighted by molar-refractivity contribution is 0.658. The average molecular weight is 319 g/mol. The van der Waals surface area contributed by atoms with Gasteiger partial charge in [0.25, 0.3) is 0 Å². The smallest absolute Gasteiger partial charge is 0.0205 e. The van der Waals surface area contributed by atoms with Crippen molar-refractivity contribution >= 4 is 0 Å². The maximum absolute atomic E-state index is 3.34. The number of hydrogen-bond donors (Lipinski definition) is 1. The van der Waals surface area contributed by atoms with Crippen LogP contribution in [0, 0.1) is 5.92 Å². The van der Waals surface area contributed by atoms with E-state index in [1.807, 2.05) is 7.05 Å². The van der Waals surface area contributed by atoms with Crippen molar-refractivity contribution in [3.63, 3.8) is 0 Å². The lowest BCUT2D eigenvalue weighted by Crippen LogP contribution is -2.16. The summed E-state index contributed by atoms with van der Waals surface area (Å²) >= 11 is 0. The van der Waals surface area contributed by atoms with Gasteiger partial charge in [0.2, 0.25) is 0 Å². The van der Waals surface area contributed by atoms with Crippen LogP contribution in [0.1, 0.15) is 49.9 Å². The van der Waals surface area contributed by atoms with Crippen LogP contribution in [0.5, 0.6) is 0 Å². The van der Waals surface area contributed by atoms with Gasteiger partial charge in [-0.05, 0) is 58.8 Å². The molecule has 1 nitrogen and oxygen atoms in total. The summed E-state index contributed by atoms with van der Waals surface area (Å²) in [4.78, 5) is 0. The Labute approximate surface area is 146 Å². The Bertz CT molecular complexity index is 766. The largest absolute Gasteiger partial charge is 0.316 e. The summed E-state index contributed by atoms with van der Waals surface area (Å²) in [5.74, 6) is 0.605. The molecule has 2 aromatic rings. The number of rotatable bonds is 5. The molecule has 1 N–H and O–H groups in total. The Morgan fingerprint density at radius 3 is 2.46 bits per heavy atom. The minimum atomic E-state index is 0.0839. The highest BCUT2D eigenvalue weighted by atomic mass is 14.8. The quantitative estimate of drug-likeness (QED) is 0.721. The Kier molecular flexibility index (Phi) is 4.64. The van der Waals surface area contributed by atoms with E-state index in [1.165, 1.54) is 33.4 Å². The van der Waals surface area contributed by atoms with Crippen LogP contribution in [0.25, 0.3) is 11.1 Å². The molecule has 0 aliphatic heterocycles. The summed E-state index contributed by atoms with van der Waals surface area (Å²) < 4.78 is 0. The van der Waals surface area contributed by atoms with E-state index >= 15 is 0 Å². The first kappa shape index (κ1) is 17.0. The van der Waals surface area contributed by atoms with Crippen LogP contribution in [0.3, 0.4) is 0 Å². The minimum Gasteiger partial charge on any atom is -0.316 e. The van der Waals surface area contributed by atoms with E-state index in [0.717, 1.165) is 13.0 Å². The van der Waals surface area contributed by atoms with Gasteiger partial charge in [0, 0.05) is 12.0 Å². The lowest BCUT2D eigenvalue weighted by atomic mass is 9.81. The van der Waals surface area contributed by atoms with Gasteiger partial charge in [-0.3, -0.25) is 0 Å². The van der Waals surface area contributed by atoms with E-state index in [0.29, 0.717) is 5.92 Å². The number of hydrogen-bond acceptors (Lipinski definition) is 1. The van der Waals surface area contributed by atoms with Gasteiger partial charge in [-0.15, -0.1) is 0 Å². The van der Waals surface area contributed by atoms with Crippen LogP contribution in [0.2, 0.25) is 0 Å². The maximum atomic E-state index is 3.34. The van der Waals surface area contributed by atoms with Crippen molar-refractivity contribution < 1.29 is 0 Å². The molecule has 0 amide bonds. The second-order valence-corrected chi connectivity index (χ2v) is 7.74. The van der Waals surface area contributed by atoms with Crippen molar-refractivity contribution in [3.8, 4) is 11.1 Å². The molecule has 24 heavy (non-hydrogen) atoms. The molecular formula is C23H29N. The molecule has 0 unspecified atom stereocenters. The zero-order chi connectivity index (χ0) is 17.3. The number of fused-ring (bicyclic) bond motifs is 3. The monoisotopic (exact) mass is 319 g/mol. The predicted molar refractivity (Wildman–Crippen MR) is 104 cm³/mol. The Balaban J connectivity index is 2.10. The van der Waals surface area contributed by atoms with E-state index in [-0.39, 0.29) is 5.41 Å². The Morgan fingerprint density at radius 2 is 1.75 bits per heavy atom. The number of benzene rings is 2. The molecule has 0 saturated carbocycles. The molecule has 2 aromatic carbocycles. The maximum Gasteiger partial charge on any atom is 0.0205 e. The fraction of sp³-hybridized carbons (Fsp3) is 0.391. The zero-order valence-corrected chi connectivity index (χ0v) is 15.6. The molecular weight excluding hydrogens is 290 g/mol. The van der Waals surface area contributed by atoms with E-state index in [9.17, 15) is 0 Å². The summed E-state index contributed by atoms with van der Waals surface area (Å²) in [6.45, 7) is 10.1. The second kappa shape index (κ2) is 6.57. The van der Waals surface area contributed by atoms with Gasteiger partial charge in [0.05, 0.1) is 0 Å². The molecule has 0 spiro atoms. The molecule has 0 saturated heterocycles. The minimum absolute atomic E-state index is 0.0839. The number of allylic oxidation sites excluding steroid dienone is 2. The standard InChI is InChI=1S/C23H29N/c1-16(2)9-8-10-17-14-22-20(13-18(17)15-24-5)19-11-6-7-12-21(19)23(22,3)4/h6-9,11-14,16,24H,10,15H2,1-5H3/b9-8-. The van der Waals surface area contributed by atoms with Gasteiger partial charge in [-0.2, -0.15) is 0 Å².